The lowest BCUT2D eigenvalue weighted by atomic mass is 10.1. The number of esters is 2. The minimum atomic E-state index is -0.527. The number of hydrogen-bond donors (Lipinski definition) is 0. The largest absolute Gasteiger partial charge is 0.487 e. The molecule has 7 nitrogen and oxygen atoms in total. The lowest BCUT2D eigenvalue weighted by Crippen LogP contribution is -2.26. The predicted molar refractivity (Wildman–Crippen MR) is 109 cm³/mol. The average molecular weight is 402 g/mol. The molecule has 0 radical (unpaired) electrons. The molecule has 0 spiro atoms. The standard InChI is InChI=1S/C22H30N2O5/c1-6-27-21(26)19-13-17(15-28-18-10-8-7-9-11-18)23-24(19)14-16(2)12-20(25)29-22(3,4)5/h7-11,13,16H,6,12,14-15H2,1-5H3. The third-order valence-corrected chi connectivity index (χ3v) is 3.86. The summed E-state index contributed by atoms with van der Waals surface area (Å²) in [5.74, 6) is -0.0725. The van der Waals surface area contributed by atoms with Crippen LogP contribution < -0.4 is 4.74 Å². The molecule has 0 bridgehead atoms. The van der Waals surface area contributed by atoms with Gasteiger partial charge in [-0.3, -0.25) is 9.48 Å². The van der Waals surface area contributed by atoms with Crippen LogP contribution in [-0.2, 0) is 27.4 Å². The molecule has 0 fully saturated rings. The number of carbonyl (C=O) groups excluding carboxylic acids is 2. The van der Waals surface area contributed by atoms with Crippen LogP contribution >= 0.6 is 0 Å². The van der Waals surface area contributed by atoms with Gasteiger partial charge in [0.05, 0.1) is 6.61 Å². The summed E-state index contributed by atoms with van der Waals surface area (Å²) in [6.07, 6.45) is 0.231. The number of aromatic nitrogens is 2. The first-order chi connectivity index (χ1) is 13.7. The second kappa shape index (κ2) is 10.1. The highest BCUT2D eigenvalue weighted by molar-refractivity contribution is 5.87. The Morgan fingerprint density at radius 1 is 1.17 bits per heavy atom. The summed E-state index contributed by atoms with van der Waals surface area (Å²) in [6, 6.07) is 11.1. The topological polar surface area (TPSA) is 79.7 Å². The Hall–Kier alpha value is -2.83. The van der Waals surface area contributed by atoms with Crippen LogP contribution in [-0.4, -0.2) is 33.9 Å². The van der Waals surface area contributed by atoms with Gasteiger partial charge in [0.1, 0.15) is 29.3 Å². The minimum Gasteiger partial charge on any atom is -0.487 e. The number of para-hydroxylation sites is 1. The molecule has 7 heteroatoms. The van der Waals surface area contributed by atoms with Gasteiger partial charge in [0.25, 0.3) is 0 Å². The molecular weight excluding hydrogens is 372 g/mol. The van der Waals surface area contributed by atoms with Gasteiger partial charge in [-0.05, 0) is 51.8 Å². The highest BCUT2D eigenvalue weighted by Crippen LogP contribution is 2.17. The van der Waals surface area contributed by atoms with E-state index in [0.29, 0.717) is 17.9 Å². The van der Waals surface area contributed by atoms with Gasteiger partial charge in [0.15, 0.2) is 0 Å². The lowest BCUT2D eigenvalue weighted by molar-refractivity contribution is -0.155. The van der Waals surface area contributed by atoms with Crippen molar-refractivity contribution in [1.29, 1.82) is 0 Å². The third-order valence-electron chi connectivity index (χ3n) is 3.86. The van der Waals surface area contributed by atoms with E-state index in [1.165, 1.54) is 0 Å². The molecule has 1 unspecified atom stereocenters. The number of nitrogens with zero attached hydrogens (tertiary/aromatic N) is 2. The van der Waals surface area contributed by atoms with Crippen molar-refractivity contribution < 1.29 is 23.8 Å². The number of hydrogen-bond acceptors (Lipinski definition) is 6. The molecule has 29 heavy (non-hydrogen) atoms. The molecule has 0 N–H and O–H groups in total. The van der Waals surface area contributed by atoms with Gasteiger partial charge in [0.2, 0.25) is 0 Å². The number of benzene rings is 1. The molecule has 1 atom stereocenters. The maximum Gasteiger partial charge on any atom is 0.356 e. The summed E-state index contributed by atoms with van der Waals surface area (Å²) in [4.78, 5) is 24.4. The summed E-state index contributed by atoms with van der Waals surface area (Å²) < 4.78 is 17.8. The van der Waals surface area contributed by atoms with Gasteiger partial charge in [0, 0.05) is 13.0 Å². The van der Waals surface area contributed by atoms with E-state index in [4.69, 9.17) is 14.2 Å². The van der Waals surface area contributed by atoms with Gasteiger partial charge >= 0.3 is 11.9 Å². The Bertz CT molecular complexity index is 808. The van der Waals surface area contributed by atoms with Crippen molar-refractivity contribution in [2.75, 3.05) is 6.61 Å². The van der Waals surface area contributed by atoms with E-state index in [0.717, 1.165) is 5.75 Å². The van der Waals surface area contributed by atoms with E-state index >= 15 is 0 Å². The monoisotopic (exact) mass is 402 g/mol. The number of ether oxygens (including phenoxy) is 3. The molecule has 0 saturated heterocycles. The Balaban J connectivity index is 2.08. The fourth-order valence-corrected chi connectivity index (χ4v) is 2.75. The van der Waals surface area contributed by atoms with E-state index < -0.39 is 11.6 Å². The zero-order chi connectivity index (χ0) is 21.4. The van der Waals surface area contributed by atoms with Crippen molar-refractivity contribution in [2.45, 2.75) is 59.8 Å². The van der Waals surface area contributed by atoms with Crippen molar-refractivity contribution >= 4 is 11.9 Å². The van der Waals surface area contributed by atoms with E-state index in [9.17, 15) is 9.59 Å². The predicted octanol–water partition coefficient (Wildman–Crippen LogP) is 4.01. The van der Waals surface area contributed by atoms with Crippen LogP contribution in [0.1, 0.15) is 57.2 Å². The van der Waals surface area contributed by atoms with Gasteiger partial charge < -0.3 is 14.2 Å². The van der Waals surface area contributed by atoms with E-state index in [-0.39, 0.29) is 31.5 Å². The maximum atomic E-state index is 12.3. The maximum absolute atomic E-state index is 12.3. The van der Waals surface area contributed by atoms with Crippen molar-refractivity contribution in [1.82, 2.24) is 9.78 Å². The Morgan fingerprint density at radius 2 is 1.86 bits per heavy atom. The second-order valence-electron chi connectivity index (χ2n) is 7.92. The zero-order valence-corrected chi connectivity index (χ0v) is 17.8. The van der Waals surface area contributed by atoms with Crippen LogP contribution in [0.5, 0.6) is 5.75 Å². The average Bonchev–Trinajstić information content (AvgIpc) is 3.02. The molecule has 2 aromatic rings. The molecule has 1 heterocycles. The normalized spacial score (nSPS) is 12.3. The summed E-state index contributed by atoms with van der Waals surface area (Å²) in [6.45, 7) is 10.1. The molecule has 0 amide bonds. The van der Waals surface area contributed by atoms with Gasteiger partial charge in [-0.1, -0.05) is 25.1 Å². The Kier molecular flexibility index (Phi) is 7.82. The molecule has 1 aromatic heterocycles. The summed E-state index contributed by atoms with van der Waals surface area (Å²) >= 11 is 0. The SMILES string of the molecule is CCOC(=O)c1cc(COc2ccccc2)nn1CC(C)CC(=O)OC(C)(C)C. The van der Waals surface area contributed by atoms with Crippen LogP contribution in [0.25, 0.3) is 0 Å². The highest BCUT2D eigenvalue weighted by atomic mass is 16.6. The number of carbonyl (C=O) groups is 2. The van der Waals surface area contributed by atoms with Gasteiger partial charge in [-0.2, -0.15) is 5.10 Å². The second-order valence-corrected chi connectivity index (χ2v) is 7.92. The van der Waals surface area contributed by atoms with Crippen molar-refractivity contribution in [3.05, 3.63) is 47.8 Å². The summed E-state index contributed by atoms with van der Waals surface area (Å²) in [5.41, 5.74) is 0.427. The van der Waals surface area contributed by atoms with Crippen molar-refractivity contribution in [2.24, 2.45) is 5.92 Å². The van der Waals surface area contributed by atoms with E-state index in [1.54, 1.807) is 17.7 Å². The first kappa shape index (κ1) is 22.5. The van der Waals surface area contributed by atoms with Crippen LogP contribution in [0.2, 0.25) is 0 Å². The Labute approximate surface area is 172 Å². The van der Waals surface area contributed by atoms with Crippen LogP contribution in [0.3, 0.4) is 0 Å². The molecule has 1 aromatic carbocycles. The molecule has 2 rings (SSSR count). The van der Waals surface area contributed by atoms with Crippen molar-refractivity contribution in [3.8, 4) is 5.75 Å². The minimum absolute atomic E-state index is 0.0687. The van der Waals surface area contributed by atoms with Crippen LogP contribution in [0, 0.1) is 5.92 Å². The highest BCUT2D eigenvalue weighted by Gasteiger charge is 2.22. The fourth-order valence-electron chi connectivity index (χ4n) is 2.75. The summed E-state index contributed by atoms with van der Waals surface area (Å²) in [5, 5.41) is 4.49. The first-order valence-corrected chi connectivity index (χ1v) is 9.81. The Morgan fingerprint density at radius 3 is 2.48 bits per heavy atom. The fraction of sp³-hybridized carbons (Fsp3) is 0.500. The van der Waals surface area contributed by atoms with E-state index in [2.05, 4.69) is 5.10 Å². The molecule has 0 aliphatic heterocycles. The van der Waals surface area contributed by atoms with Gasteiger partial charge in [-0.25, -0.2) is 4.79 Å². The number of rotatable bonds is 9. The zero-order valence-electron chi connectivity index (χ0n) is 17.8. The molecule has 158 valence electrons. The molecule has 0 aliphatic carbocycles. The van der Waals surface area contributed by atoms with Crippen LogP contribution in [0.4, 0.5) is 0 Å². The van der Waals surface area contributed by atoms with Gasteiger partial charge in [-0.15, -0.1) is 0 Å². The smallest absolute Gasteiger partial charge is 0.356 e. The van der Waals surface area contributed by atoms with Crippen LogP contribution in [0.15, 0.2) is 36.4 Å². The molecule has 0 saturated carbocycles. The van der Waals surface area contributed by atoms with Crippen molar-refractivity contribution in [3.63, 3.8) is 0 Å². The van der Waals surface area contributed by atoms with E-state index in [1.807, 2.05) is 58.0 Å². The molecule has 0 aliphatic rings. The third kappa shape index (κ3) is 7.60. The first-order valence-electron chi connectivity index (χ1n) is 9.81. The lowest BCUT2D eigenvalue weighted by Gasteiger charge is -2.21. The molecular formula is C22H30N2O5. The summed E-state index contributed by atoms with van der Waals surface area (Å²) in [7, 11) is 0. The quantitative estimate of drug-likeness (QED) is 0.590.